The molecule has 5 nitrogen and oxygen atoms in total. The molecule has 0 bridgehead atoms. The summed E-state index contributed by atoms with van der Waals surface area (Å²) in [6.07, 6.45) is -4.64. The summed E-state index contributed by atoms with van der Waals surface area (Å²) < 4.78 is 39.3. The smallest absolute Gasteiger partial charge is 0.383 e. The first-order valence-corrected chi connectivity index (χ1v) is 5.61. The SMILES string of the molecule is Nc1[nH]nc2nc(-c3ccccc3)nc(C(F)(F)F)c12. The van der Waals surface area contributed by atoms with Gasteiger partial charge in [-0.15, -0.1) is 0 Å². The molecular weight excluding hydrogens is 271 g/mol. The molecule has 0 atom stereocenters. The molecule has 3 rings (SSSR count). The van der Waals surface area contributed by atoms with E-state index in [0.717, 1.165) is 0 Å². The average molecular weight is 279 g/mol. The number of halogens is 3. The normalized spacial score (nSPS) is 11.9. The third kappa shape index (κ3) is 1.94. The summed E-state index contributed by atoms with van der Waals surface area (Å²) in [4.78, 5) is 7.61. The number of H-pyrrole nitrogens is 1. The van der Waals surface area contributed by atoms with Crippen LogP contribution < -0.4 is 5.73 Å². The maximum atomic E-state index is 13.1. The summed E-state index contributed by atoms with van der Waals surface area (Å²) in [6.45, 7) is 0. The number of fused-ring (bicyclic) bond motifs is 1. The van der Waals surface area contributed by atoms with Crippen molar-refractivity contribution in [1.29, 1.82) is 0 Å². The van der Waals surface area contributed by atoms with Crippen LogP contribution in [0.4, 0.5) is 19.0 Å². The van der Waals surface area contributed by atoms with E-state index in [9.17, 15) is 13.2 Å². The van der Waals surface area contributed by atoms with Crippen LogP contribution in [0.15, 0.2) is 30.3 Å². The minimum Gasteiger partial charge on any atom is -0.383 e. The molecule has 0 radical (unpaired) electrons. The maximum Gasteiger partial charge on any atom is 0.434 e. The molecule has 8 heteroatoms. The Bertz CT molecular complexity index is 764. The van der Waals surface area contributed by atoms with Gasteiger partial charge < -0.3 is 5.73 Å². The molecule has 0 aliphatic heterocycles. The van der Waals surface area contributed by atoms with Gasteiger partial charge in [-0.2, -0.15) is 18.3 Å². The number of nitrogen functional groups attached to an aromatic ring is 1. The highest BCUT2D eigenvalue weighted by atomic mass is 19.4. The molecular formula is C12H8F3N5. The molecule has 0 aliphatic rings. The molecule has 0 spiro atoms. The predicted octanol–water partition coefficient (Wildman–Crippen LogP) is 2.62. The van der Waals surface area contributed by atoms with Crippen molar-refractivity contribution >= 4 is 16.9 Å². The summed E-state index contributed by atoms with van der Waals surface area (Å²) in [5, 5.41) is 5.66. The molecule has 0 saturated carbocycles. The first kappa shape index (κ1) is 12.4. The van der Waals surface area contributed by atoms with Crippen molar-refractivity contribution in [2.75, 3.05) is 5.73 Å². The van der Waals surface area contributed by atoms with Crippen molar-refractivity contribution in [3.63, 3.8) is 0 Å². The van der Waals surface area contributed by atoms with Crippen molar-refractivity contribution in [1.82, 2.24) is 20.2 Å². The second-order valence-corrected chi connectivity index (χ2v) is 4.10. The standard InChI is InChI=1S/C12H8F3N5/c13-12(14,15)8-7-9(16)19-20-11(7)18-10(17-8)6-4-2-1-3-5-6/h1-5H,(H3,16,17,18,19,20). The van der Waals surface area contributed by atoms with Crippen LogP contribution in [0.5, 0.6) is 0 Å². The summed E-state index contributed by atoms with van der Waals surface area (Å²) in [5.74, 6) is -0.246. The molecule has 0 unspecified atom stereocenters. The van der Waals surface area contributed by atoms with Gasteiger partial charge in [-0.25, -0.2) is 9.97 Å². The first-order chi connectivity index (χ1) is 9.47. The van der Waals surface area contributed by atoms with Crippen LogP contribution in [-0.4, -0.2) is 20.2 Å². The van der Waals surface area contributed by atoms with E-state index in [0.29, 0.717) is 5.56 Å². The van der Waals surface area contributed by atoms with Gasteiger partial charge in [0, 0.05) is 5.56 Å². The largest absolute Gasteiger partial charge is 0.434 e. The zero-order valence-electron chi connectivity index (χ0n) is 9.94. The topological polar surface area (TPSA) is 80.5 Å². The minimum absolute atomic E-state index is 0.0445. The number of anilines is 1. The Kier molecular flexibility index (Phi) is 2.60. The lowest BCUT2D eigenvalue weighted by Gasteiger charge is -2.09. The highest BCUT2D eigenvalue weighted by molar-refractivity contribution is 5.89. The van der Waals surface area contributed by atoms with Gasteiger partial charge in [-0.3, -0.25) is 5.10 Å². The van der Waals surface area contributed by atoms with E-state index in [4.69, 9.17) is 5.73 Å². The molecule has 0 amide bonds. The fourth-order valence-corrected chi connectivity index (χ4v) is 1.87. The number of hydrogen-bond acceptors (Lipinski definition) is 4. The van der Waals surface area contributed by atoms with Gasteiger partial charge in [-0.05, 0) is 0 Å². The van der Waals surface area contributed by atoms with E-state index in [1.807, 2.05) is 0 Å². The molecule has 0 aliphatic carbocycles. The summed E-state index contributed by atoms with van der Waals surface area (Å²) in [5.41, 5.74) is 4.74. The number of aromatic nitrogens is 4. The molecule has 0 fully saturated rings. The fraction of sp³-hybridized carbons (Fsp3) is 0.0833. The molecule has 2 aromatic heterocycles. The number of nitrogens with two attached hydrogens (primary N) is 1. The Balaban J connectivity index is 2.32. The summed E-state index contributed by atoms with van der Waals surface area (Å²) in [7, 11) is 0. The monoisotopic (exact) mass is 279 g/mol. The van der Waals surface area contributed by atoms with E-state index in [1.54, 1.807) is 30.3 Å². The van der Waals surface area contributed by atoms with E-state index in [1.165, 1.54) is 0 Å². The van der Waals surface area contributed by atoms with Crippen molar-refractivity contribution in [2.45, 2.75) is 6.18 Å². The average Bonchev–Trinajstić information content (AvgIpc) is 2.79. The zero-order valence-corrected chi connectivity index (χ0v) is 9.94. The van der Waals surface area contributed by atoms with Crippen LogP contribution in [0.3, 0.4) is 0 Å². The van der Waals surface area contributed by atoms with Crippen molar-refractivity contribution < 1.29 is 13.2 Å². The van der Waals surface area contributed by atoms with Gasteiger partial charge in [-0.1, -0.05) is 30.3 Å². The van der Waals surface area contributed by atoms with Crippen LogP contribution in [0, 0.1) is 0 Å². The lowest BCUT2D eigenvalue weighted by atomic mass is 10.2. The number of rotatable bonds is 1. The van der Waals surface area contributed by atoms with Crippen molar-refractivity contribution in [2.24, 2.45) is 0 Å². The summed E-state index contributed by atoms with van der Waals surface area (Å²) >= 11 is 0. The Morgan fingerprint density at radius 3 is 2.40 bits per heavy atom. The molecule has 3 aromatic rings. The quantitative estimate of drug-likeness (QED) is 0.717. The highest BCUT2D eigenvalue weighted by Crippen LogP contribution is 2.35. The molecule has 1 aromatic carbocycles. The Labute approximate surface area is 110 Å². The molecule has 102 valence electrons. The third-order valence-corrected chi connectivity index (χ3v) is 2.74. The second kappa shape index (κ2) is 4.19. The fourth-order valence-electron chi connectivity index (χ4n) is 1.87. The number of hydrogen-bond donors (Lipinski definition) is 2. The van der Waals surface area contributed by atoms with Gasteiger partial charge in [0.05, 0.1) is 5.39 Å². The van der Waals surface area contributed by atoms with Crippen molar-refractivity contribution in [3.8, 4) is 11.4 Å². The van der Waals surface area contributed by atoms with Gasteiger partial charge in [0.15, 0.2) is 17.2 Å². The Morgan fingerprint density at radius 1 is 1.05 bits per heavy atom. The maximum absolute atomic E-state index is 13.1. The van der Waals surface area contributed by atoms with Gasteiger partial charge in [0.25, 0.3) is 0 Å². The first-order valence-electron chi connectivity index (χ1n) is 5.61. The second-order valence-electron chi connectivity index (χ2n) is 4.10. The number of aromatic amines is 1. The van der Waals surface area contributed by atoms with Crippen LogP contribution in [-0.2, 0) is 6.18 Å². The summed E-state index contributed by atoms with van der Waals surface area (Å²) in [6, 6.07) is 8.37. The van der Waals surface area contributed by atoms with Gasteiger partial charge in [0.2, 0.25) is 0 Å². The van der Waals surface area contributed by atoms with Crippen LogP contribution in [0.1, 0.15) is 5.69 Å². The van der Waals surface area contributed by atoms with E-state index < -0.39 is 11.9 Å². The Morgan fingerprint density at radius 2 is 1.75 bits per heavy atom. The number of benzene rings is 1. The zero-order chi connectivity index (χ0) is 14.3. The van der Waals surface area contributed by atoms with Crippen molar-refractivity contribution in [3.05, 3.63) is 36.0 Å². The predicted molar refractivity (Wildman–Crippen MR) is 66.5 cm³/mol. The Hall–Kier alpha value is -2.64. The minimum atomic E-state index is -4.64. The number of nitrogens with zero attached hydrogens (tertiary/aromatic N) is 3. The van der Waals surface area contributed by atoms with E-state index in [2.05, 4.69) is 20.2 Å². The molecule has 3 N–H and O–H groups in total. The third-order valence-electron chi connectivity index (χ3n) is 2.74. The highest BCUT2D eigenvalue weighted by Gasteiger charge is 2.37. The van der Waals surface area contributed by atoms with Crippen LogP contribution >= 0.6 is 0 Å². The van der Waals surface area contributed by atoms with Crippen LogP contribution in [0.25, 0.3) is 22.4 Å². The molecule has 2 heterocycles. The number of nitrogens with one attached hydrogen (secondary N) is 1. The lowest BCUT2D eigenvalue weighted by molar-refractivity contribution is -0.139. The number of alkyl halides is 3. The van der Waals surface area contributed by atoms with E-state index >= 15 is 0 Å². The molecule has 0 saturated heterocycles. The van der Waals surface area contributed by atoms with Gasteiger partial charge >= 0.3 is 6.18 Å². The molecule has 20 heavy (non-hydrogen) atoms. The van der Waals surface area contributed by atoms with E-state index in [-0.39, 0.29) is 22.7 Å². The van der Waals surface area contributed by atoms with Gasteiger partial charge in [0.1, 0.15) is 5.82 Å². The van der Waals surface area contributed by atoms with Crippen LogP contribution in [0.2, 0.25) is 0 Å². The lowest BCUT2D eigenvalue weighted by Crippen LogP contribution is -2.11.